The van der Waals surface area contributed by atoms with Crippen LogP contribution < -0.4 is 5.56 Å². The maximum absolute atomic E-state index is 11.3. The van der Waals surface area contributed by atoms with Crippen molar-refractivity contribution in [3.8, 4) is 0 Å². The molecular weight excluding hydrogens is 196 g/mol. The number of aryl methyl sites for hydroxylation is 1. The van der Waals surface area contributed by atoms with Crippen LogP contribution in [0.2, 0.25) is 0 Å². The highest BCUT2D eigenvalue weighted by Crippen LogP contribution is 1.98. The average Bonchev–Trinajstić information content (AvgIpc) is 2.69. The number of hydrogen-bond donors (Lipinski definition) is 0. The standard InChI is InChI=1S/C9H10N4O2/c1-2-7-11-8(15-12-7)5-13-6-10-4-3-9(13)14/h3-4,6H,2,5H2,1H3. The van der Waals surface area contributed by atoms with E-state index in [0.29, 0.717) is 18.1 Å². The van der Waals surface area contributed by atoms with E-state index in [0.717, 1.165) is 0 Å². The SMILES string of the molecule is CCc1noc(Cn2cnccc2=O)n1. The first-order valence-corrected chi connectivity index (χ1v) is 4.61. The Kier molecular flexibility index (Phi) is 2.57. The fourth-order valence-corrected chi connectivity index (χ4v) is 1.14. The molecule has 15 heavy (non-hydrogen) atoms. The zero-order valence-corrected chi connectivity index (χ0v) is 8.25. The lowest BCUT2D eigenvalue weighted by Gasteiger charge is -1.97. The van der Waals surface area contributed by atoms with Crippen LogP contribution in [0.5, 0.6) is 0 Å². The van der Waals surface area contributed by atoms with Gasteiger partial charge in [0.05, 0.1) is 6.33 Å². The van der Waals surface area contributed by atoms with Gasteiger partial charge in [0.25, 0.3) is 5.56 Å². The number of nitrogens with zero attached hydrogens (tertiary/aromatic N) is 4. The molecule has 6 heteroatoms. The third-order valence-corrected chi connectivity index (χ3v) is 1.92. The van der Waals surface area contributed by atoms with Gasteiger partial charge >= 0.3 is 0 Å². The molecule has 78 valence electrons. The van der Waals surface area contributed by atoms with Crippen LogP contribution in [0.4, 0.5) is 0 Å². The maximum Gasteiger partial charge on any atom is 0.253 e. The highest BCUT2D eigenvalue weighted by atomic mass is 16.5. The van der Waals surface area contributed by atoms with Gasteiger partial charge in [0.2, 0.25) is 5.89 Å². The lowest BCUT2D eigenvalue weighted by molar-refractivity contribution is 0.364. The highest BCUT2D eigenvalue weighted by Gasteiger charge is 2.05. The van der Waals surface area contributed by atoms with Gasteiger partial charge in [-0.05, 0) is 0 Å². The van der Waals surface area contributed by atoms with E-state index in [-0.39, 0.29) is 12.1 Å². The molecule has 0 aromatic carbocycles. The second-order valence-electron chi connectivity index (χ2n) is 3.00. The summed E-state index contributed by atoms with van der Waals surface area (Å²) in [5.41, 5.74) is -0.138. The van der Waals surface area contributed by atoms with Crippen molar-refractivity contribution in [2.24, 2.45) is 0 Å². The molecule has 0 bridgehead atoms. The van der Waals surface area contributed by atoms with E-state index in [4.69, 9.17) is 4.52 Å². The summed E-state index contributed by atoms with van der Waals surface area (Å²) in [4.78, 5) is 19.3. The number of aromatic nitrogens is 4. The van der Waals surface area contributed by atoms with Crippen LogP contribution in [0.15, 0.2) is 27.9 Å². The molecule has 0 amide bonds. The Hall–Kier alpha value is -1.98. The molecule has 0 unspecified atom stereocenters. The summed E-state index contributed by atoms with van der Waals surface area (Å²) in [5.74, 6) is 1.06. The van der Waals surface area contributed by atoms with E-state index in [9.17, 15) is 4.79 Å². The molecule has 0 aliphatic heterocycles. The molecule has 0 aliphatic rings. The highest BCUT2D eigenvalue weighted by molar-refractivity contribution is 4.89. The fraction of sp³-hybridized carbons (Fsp3) is 0.333. The van der Waals surface area contributed by atoms with Crippen LogP contribution in [-0.4, -0.2) is 19.7 Å². The summed E-state index contributed by atoms with van der Waals surface area (Å²) >= 11 is 0. The second kappa shape index (κ2) is 4.04. The molecule has 2 rings (SSSR count). The van der Waals surface area contributed by atoms with Crippen LogP contribution in [-0.2, 0) is 13.0 Å². The van der Waals surface area contributed by atoms with Crippen molar-refractivity contribution in [2.75, 3.05) is 0 Å². The molecule has 0 fully saturated rings. The minimum Gasteiger partial charge on any atom is -0.337 e. The molecule has 0 radical (unpaired) electrons. The van der Waals surface area contributed by atoms with E-state index in [1.165, 1.54) is 23.2 Å². The zero-order chi connectivity index (χ0) is 10.7. The van der Waals surface area contributed by atoms with E-state index in [1.54, 1.807) is 0 Å². The van der Waals surface area contributed by atoms with Gasteiger partial charge in [-0.25, -0.2) is 4.98 Å². The van der Waals surface area contributed by atoms with Crippen molar-refractivity contribution < 1.29 is 4.52 Å². The van der Waals surface area contributed by atoms with Gasteiger partial charge in [0, 0.05) is 18.7 Å². The summed E-state index contributed by atoms with van der Waals surface area (Å²) in [6, 6.07) is 1.39. The lowest BCUT2D eigenvalue weighted by atomic mass is 10.5. The van der Waals surface area contributed by atoms with Gasteiger partial charge in [-0.3, -0.25) is 9.36 Å². The van der Waals surface area contributed by atoms with Gasteiger partial charge in [-0.2, -0.15) is 4.98 Å². The molecule has 0 N–H and O–H groups in total. The molecule has 0 saturated heterocycles. The normalized spacial score (nSPS) is 10.5. The van der Waals surface area contributed by atoms with E-state index < -0.39 is 0 Å². The Labute approximate surface area is 85.6 Å². The van der Waals surface area contributed by atoms with Crippen molar-refractivity contribution in [1.82, 2.24) is 19.7 Å². The Morgan fingerprint density at radius 1 is 1.53 bits per heavy atom. The van der Waals surface area contributed by atoms with Crippen molar-refractivity contribution >= 4 is 0 Å². The Morgan fingerprint density at radius 2 is 2.40 bits per heavy atom. The zero-order valence-electron chi connectivity index (χ0n) is 8.25. The first-order chi connectivity index (χ1) is 7.29. The average molecular weight is 206 g/mol. The number of hydrogen-bond acceptors (Lipinski definition) is 5. The molecule has 0 aliphatic carbocycles. The van der Waals surface area contributed by atoms with Crippen LogP contribution in [0.3, 0.4) is 0 Å². The van der Waals surface area contributed by atoms with E-state index >= 15 is 0 Å². The van der Waals surface area contributed by atoms with E-state index in [1.807, 2.05) is 6.92 Å². The van der Waals surface area contributed by atoms with Gasteiger partial charge < -0.3 is 4.52 Å². The number of rotatable bonds is 3. The van der Waals surface area contributed by atoms with Crippen LogP contribution in [0.1, 0.15) is 18.6 Å². The quantitative estimate of drug-likeness (QED) is 0.719. The summed E-state index contributed by atoms with van der Waals surface area (Å²) in [6.45, 7) is 2.20. The maximum atomic E-state index is 11.3. The summed E-state index contributed by atoms with van der Waals surface area (Å²) < 4.78 is 6.38. The van der Waals surface area contributed by atoms with Crippen molar-refractivity contribution in [3.63, 3.8) is 0 Å². The minimum atomic E-state index is -0.138. The first-order valence-electron chi connectivity index (χ1n) is 4.61. The van der Waals surface area contributed by atoms with Crippen LogP contribution in [0.25, 0.3) is 0 Å². The molecule has 2 aromatic heterocycles. The van der Waals surface area contributed by atoms with E-state index in [2.05, 4.69) is 15.1 Å². The predicted octanol–water partition coefficient (Wildman–Crippen LogP) is 0.237. The Bertz CT molecular complexity index is 503. The monoisotopic (exact) mass is 206 g/mol. The van der Waals surface area contributed by atoms with Crippen LogP contribution >= 0.6 is 0 Å². The fourth-order valence-electron chi connectivity index (χ4n) is 1.14. The smallest absolute Gasteiger partial charge is 0.253 e. The van der Waals surface area contributed by atoms with Gasteiger partial charge in [-0.15, -0.1) is 0 Å². The molecule has 2 aromatic rings. The Balaban J connectivity index is 2.22. The van der Waals surface area contributed by atoms with Gasteiger partial charge in [-0.1, -0.05) is 12.1 Å². The molecule has 0 saturated carbocycles. The van der Waals surface area contributed by atoms with Gasteiger partial charge in [0.1, 0.15) is 6.54 Å². The third kappa shape index (κ3) is 2.09. The molecule has 0 spiro atoms. The first kappa shape index (κ1) is 9.57. The molecule has 2 heterocycles. The van der Waals surface area contributed by atoms with Crippen molar-refractivity contribution in [3.05, 3.63) is 40.7 Å². The molecule has 0 atom stereocenters. The summed E-state index contributed by atoms with van der Waals surface area (Å²) in [7, 11) is 0. The largest absolute Gasteiger partial charge is 0.337 e. The second-order valence-corrected chi connectivity index (χ2v) is 3.00. The molecular formula is C9H10N4O2. The topological polar surface area (TPSA) is 73.8 Å². The summed E-state index contributed by atoms with van der Waals surface area (Å²) in [6.07, 6.45) is 3.60. The van der Waals surface area contributed by atoms with Crippen molar-refractivity contribution in [2.45, 2.75) is 19.9 Å². The van der Waals surface area contributed by atoms with Crippen LogP contribution in [0, 0.1) is 0 Å². The third-order valence-electron chi connectivity index (χ3n) is 1.92. The minimum absolute atomic E-state index is 0.138. The van der Waals surface area contributed by atoms with Crippen molar-refractivity contribution in [1.29, 1.82) is 0 Å². The summed E-state index contributed by atoms with van der Waals surface area (Å²) in [5, 5.41) is 3.74. The predicted molar refractivity (Wildman–Crippen MR) is 51.3 cm³/mol. The Morgan fingerprint density at radius 3 is 3.07 bits per heavy atom. The molecule has 6 nitrogen and oxygen atoms in total. The van der Waals surface area contributed by atoms with Gasteiger partial charge in [0.15, 0.2) is 5.82 Å². The lowest BCUT2D eigenvalue weighted by Crippen LogP contribution is -2.19.